The third-order valence-corrected chi connectivity index (χ3v) is 15.8. The van der Waals surface area contributed by atoms with Gasteiger partial charge >= 0.3 is 0 Å². The molecule has 20 heteroatoms. The lowest BCUT2D eigenvalue weighted by Gasteiger charge is -2.36. The van der Waals surface area contributed by atoms with Crippen molar-refractivity contribution < 1.29 is 9.47 Å². The highest BCUT2D eigenvalue weighted by Gasteiger charge is 2.24. The Balaban J connectivity index is 0.000000151. The van der Waals surface area contributed by atoms with Crippen molar-refractivity contribution in [3.63, 3.8) is 0 Å². The number of aromatic nitrogens is 6. The number of nitrogens with zero attached hydrogens (tertiary/aromatic N) is 4. The van der Waals surface area contributed by atoms with E-state index in [1.165, 1.54) is 0 Å². The molecule has 11 rings (SSSR count). The van der Waals surface area contributed by atoms with Crippen LogP contribution in [0.4, 0.5) is 34.5 Å². The maximum atomic E-state index is 12.4. The molecule has 8 heterocycles. The zero-order chi connectivity index (χ0) is 58.9. The van der Waals surface area contributed by atoms with Gasteiger partial charge in [-0.05, 0) is 164 Å². The summed E-state index contributed by atoms with van der Waals surface area (Å²) < 4.78 is 11.0. The number of anilines is 6. The van der Waals surface area contributed by atoms with Crippen molar-refractivity contribution in [2.45, 2.75) is 106 Å². The summed E-state index contributed by atoms with van der Waals surface area (Å²) in [5, 5.41) is 21.1. The second-order valence-corrected chi connectivity index (χ2v) is 22.5. The van der Waals surface area contributed by atoms with Crippen LogP contribution in [0.2, 0.25) is 15.1 Å². The largest absolute Gasteiger partial charge is 0.398 e. The highest BCUT2D eigenvalue weighted by Crippen LogP contribution is 2.37. The number of H-pyrrole nitrogens is 3. The summed E-state index contributed by atoms with van der Waals surface area (Å²) in [6, 6.07) is 23.9. The van der Waals surface area contributed by atoms with E-state index in [4.69, 9.17) is 50.0 Å². The van der Waals surface area contributed by atoms with Crippen molar-refractivity contribution >= 4 is 102 Å². The van der Waals surface area contributed by atoms with Gasteiger partial charge in [-0.3, -0.25) is 14.4 Å². The second kappa shape index (κ2) is 27.2. The minimum atomic E-state index is -0.0900. The molecule has 83 heavy (non-hydrogen) atoms. The van der Waals surface area contributed by atoms with Gasteiger partial charge in [0.2, 0.25) is 0 Å². The van der Waals surface area contributed by atoms with Crippen molar-refractivity contribution in [3.8, 4) is 0 Å². The first-order chi connectivity index (χ1) is 39.9. The molecule has 0 unspecified atom stereocenters. The number of nitrogen functional groups attached to an aromatic ring is 1. The van der Waals surface area contributed by atoms with E-state index in [2.05, 4.69) is 63.0 Å². The van der Waals surface area contributed by atoms with Crippen LogP contribution in [0, 0.1) is 41.5 Å². The number of rotatable bonds is 14. The first kappa shape index (κ1) is 59.9. The molecule has 2 saturated heterocycles. The predicted molar refractivity (Wildman–Crippen MR) is 341 cm³/mol. The Labute approximate surface area is 497 Å². The molecule has 0 aliphatic carbocycles. The molecule has 6 aromatic heterocycles. The van der Waals surface area contributed by atoms with Crippen LogP contribution in [-0.2, 0) is 29.1 Å². The van der Waals surface area contributed by atoms with Gasteiger partial charge in [-0.2, -0.15) is 0 Å². The van der Waals surface area contributed by atoms with Gasteiger partial charge in [-0.25, -0.2) is 15.0 Å². The number of aryl methyl sites for hydroxylation is 6. The van der Waals surface area contributed by atoms with Gasteiger partial charge in [0.25, 0.3) is 16.7 Å². The smallest absolute Gasteiger partial charge is 0.253 e. The molecule has 0 spiro atoms. The van der Waals surface area contributed by atoms with E-state index in [0.29, 0.717) is 80.8 Å². The average molecular weight is 1180 g/mol. The molecule has 0 saturated carbocycles. The van der Waals surface area contributed by atoms with E-state index in [1.54, 1.807) is 18.5 Å². The van der Waals surface area contributed by atoms with E-state index >= 15 is 0 Å². The molecule has 0 radical (unpaired) electrons. The third kappa shape index (κ3) is 14.6. The van der Waals surface area contributed by atoms with Crippen molar-refractivity contribution in [2.24, 2.45) is 0 Å². The zero-order valence-electron chi connectivity index (χ0n) is 47.8. The number of hydrogen-bond acceptors (Lipinski definition) is 14. The van der Waals surface area contributed by atoms with Gasteiger partial charge in [-0.15, -0.1) is 0 Å². The number of nitrogens with one attached hydrogen (secondary N) is 7. The Bertz CT molecular complexity index is 3990. The maximum absolute atomic E-state index is 12.4. The first-order valence-electron chi connectivity index (χ1n) is 27.9. The summed E-state index contributed by atoms with van der Waals surface area (Å²) in [6.07, 6.45) is 9.23. The molecular weight excluding hydrogens is 1110 g/mol. The fourth-order valence-corrected chi connectivity index (χ4v) is 11.7. The monoisotopic (exact) mass is 1180 g/mol. The number of halogens is 3. The van der Waals surface area contributed by atoms with Crippen molar-refractivity contribution in [1.82, 2.24) is 29.9 Å². The lowest BCUT2D eigenvalue weighted by Crippen LogP contribution is -2.39. The van der Waals surface area contributed by atoms with Gasteiger partial charge in [0.1, 0.15) is 17.5 Å². The van der Waals surface area contributed by atoms with Crippen LogP contribution in [0.3, 0.4) is 0 Å². The number of hydrogen-bond donors (Lipinski definition) is 8. The average Bonchev–Trinajstić information content (AvgIpc) is 3.10. The van der Waals surface area contributed by atoms with E-state index in [-0.39, 0.29) is 16.7 Å². The lowest BCUT2D eigenvalue weighted by atomic mass is 10.0. The molecule has 17 nitrogen and oxygen atoms in total. The molecule has 0 amide bonds. The molecule has 2 fully saturated rings. The molecule has 3 aromatic carbocycles. The van der Waals surface area contributed by atoms with E-state index in [9.17, 15) is 14.4 Å². The fourth-order valence-electron chi connectivity index (χ4n) is 11.0. The Morgan fingerprint density at radius 3 is 1.39 bits per heavy atom. The van der Waals surface area contributed by atoms with E-state index < -0.39 is 0 Å². The molecule has 9 N–H and O–H groups in total. The highest BCUT2D eigenvalue weighted by molar-refractivity contribution is 6.33. The minimum absolute atomic E-state index is 0.0689. The van der Waals surface area contributed by atoms with Crippen LogP contribution in [0.5, 0.6) is 0 Å². The topological polar surface area (TPSA) is 233 Å². The Morgan fingerprint density at radius 1 is 0.530 bits per heavy atom. The van der Waals surface area contributed by atoms with Gasteiger partial charge in [-0.1, -0.05) is 34.8 Å². The number of benzene rings is 3. The van der Waals surface area contributed by atoms with E-state index in [0.717, 1.165) is 142 Å². The number of fused-ring (bicyclic) bond motifs is 3. The van der Waals surface area contributed by atoms with Gasteiger partial charge in [0.15, 0.2) is 0 Å². The molecule has 2 aliphatic heterocycles. The molecule has 0 bridgehead atoms. The first-order valence-corrected chi connectivity index (χ1v) is 29.1. The lowest BCUT2D eigenvalue weighted by molar-refractivity contribution is 0.0847. The Morgan fingerprint density at radius 2 is 0.928 bits per heavy atom. The molecule has 2 aliphatic rings. The summed E-state index contributed by atoms with van der Waals surface area (Å²) >= 11 is 19.1. The Kier molecular flexibility index (Phi) is 19.6. The van der Waals surface area contributed by atoms with Crippen LogP contribution < -0.4 is 48.6 Å². The third-order valence-electron chi connectivity index (χ3n) is 15.2. The van der Waals surface area contributed by atoms with Crippen LogP contribution in [0.1, 0.15) is 83.1 Å². The van der Waals surface area contributed by atoms with Crippen LogP contribution in [-0.4, -0.2) is 75.0 Å². The van der Waals surface area contributed by atoms with Crippen molar-refractivity contribution in [3.05, 3.63) is 188 Å². The van der Waals surface area contributed by atoms with E-state index in [1.807, 2.05) is 114 Å². The van der Waals surface area contributed by atoms with Crippen LogP contribution in [0.15, 0.2) is 106 Å². The molecule has 434 valence electrons. The summed E-state index contributed by atoms with van der Waals surface area (Å²) in [7, 11) is 0. The summed E-state index contributed by atoms with van der Waals surface area (Å²) in [5.74, 6) is 2.08. The van der Waals surface area contributed by atoms with Crippen molar-refractivity contribution in [2.75, 3.05) is 64.9 Å². The van der Waals surface area contributed by atoms with Gasteiger partial charge in [0.05, 0.1) is 0 Å². The van der Waals surface area contributed by atoms with Gasteiger partial charge in [0, 0.05) is 182 Å². The SMILES string of the molecule is CCN(c1cc(Cl)cc2c(NCc3c(C)cc(C)[nH]c3=O)nccc12)C1CCOCC1.Cc1cc(C)c(CNc2nccc3c(N)cc(Cl)cc23)c(=O)[nH]1.Cc1cc(C)c(CNc2nccc3c(NC4CCOCC4)cc(Cl)cc23)c(=O)[nH]1. The van der Waals surface area contributed by atoms with Crippen LogP contribution in [0.25, 0.3) is 32.3 Å². The fraction of sp³-hybridized carbons (Fsp3) is 0.333. The number of ether oxygens (including phenoxy) is 2. The predicted octanol–water partition coefficient (Wildman–Crippen LogP) is 12.6. The summed E-state index contributed by atoms with van der Waals surface area (Å²) in [6.45, 7) is 18.8. The Hall–Kier alpha value is -7.67. The van der Waals surface area contributed by atoms with Crippen molar-refractivity contribution in [1.29, 1.82) is 0 Å². The zero-order valence-corrected chi connectivity index (χ0v) is 50.1. The normalized spacial score (nSPS) is 13.7. The molecule has 0 atom stereocenters. The maximum Gasteiger partial charge on any atom is 0.253 e. The summed E-state index contributed by atoms with van der Waals surface area (Å²) in [5.41, 5.74) is 16.0. The number of nitrogens with two attached hydrogens (primary N) is 1. The second-order valence-electron chi connectivity index (χ2n) is 21.2. The number of pyridine rings is 6. The van der Waals surface area contributed by atoms with Crippen LogP contribution >= 0.6 is 34.8 Å². The minimum Gasteiger partial charge on any atom is -0.398 e. The van der Waals surface area contributed by atoms with Gasteiger partial charge < -0.3 is 56.3 Å². The quantitative estimate of drug-likeness (QED) is 0.0474. The summed E-state index contributed by atoms with van der Waals surface area (Å²) in [4.78, 5) is 61.2. The number of aromatic amines is 3. The highest BCUT2D eigenvalue weighted by atomic mass is 35.5. The molecule has 9 aromatic rings. The standard InChI is InChI=1S/C24H29ClN4O2.C22H25ClN4O2.C17H17ClN4O/c1-4-29(18-6-9-31-10-7-18)22-13-17(25)12-20-19(22)5-8-26-23(20)27-14-21-15(2)11-16(3)28-24(21)30;1-13-9-14(2)26-22(28)19(13)12-25-21-18-10-15(23)11-20(17(18)3-6-24-21)27-16-4-7-29-8-5-16;1-9-5-10(2)22-17(23)14(9)8-21-16-13-6-11(18)7-15(19)12(13)3-4-20-16/h5,8,11-13,18H,4,6-7,9-10,14H2,1-3H3,(H,26,27)(H,28,30);3,6,9-11,16,27H,4-5,7-8,12H2,1-2H3,(H,24,25)(H,26,28);3-7H,8,19H2,1-2H3,(H,20,21)(H,22,23). The molecular formula is C63H71Cl3N12O5.